The van der Waals surface area contributed by atoms with Crippen molar-refractivity contribution in [1.82, 2.24) is 14.5 Å². The van der Waals surface area contributed by atoms with Gasteiger partial charge in [-0.05, 0) is 143 Å². The number of thiophene rings is 2. The predicted molar refractivity (Wildman–Crippen MR) is 284 cm³/mol. The Hall–Kier alpha value is -7.90. The van der Waals surface area contributed by atoms with E-state index >= 15 is 0 Å². The zero-order chi connectivity index (χ0) is 44.6. The molecule has 0 atom stereocenters. The molecule has 6 heteroatoms. The number of anilines is 3. The van der Waals surface area contributed by atoms with Gasteiger partial charge in [-0.2, -0.15) is 0 Å². The molecule has 67 heavy (non-hydrogen) atoms. The summed E-state index contributed by atoms with van der Waals surface area (Å²) in [5, 5.41) is 2.57. The highest BCUT2D eigenvalue weighted by Gasteiger charge is 2.36. The van der Waals surface area contributed by atoms with Crippen molar-refractivity contribution >= 4 is 70.9 Å². The summed E-state index contributed by atoms with van der Waals surface area (Å²) in [6.07, 6.45) is 3.69. The van der Waals surface area contributed by atoms with Crippen LogP contribution in [0.1, 0.15) is 25.0 Å². The number of benzene rings is 7. The van der Waals surface area contributed by atoms with Crippen molar-refractivity contribution in [2.75, 3.05) is 4.90 Å². The standard InChI is InChI=1S/C61H42N4S2/c1-61(2)51-21-7-6-20-47(51)48-35-50-49-34-42(26-29-55(49)65(56(50)36-52(48)61)43-16-4-3-5-17-43)58-38-60-59(67-58)37-57(66-60)39-24-27-44(28-25-39)64(45-18-12-14-40(32-45)53-22-8-10-30-62-53)46-19-13-15-41(33-46)54-23-9-11-31-63-54/h3-38H,1-2H3. The van der Waals surface area contributed by atoms with E-state index in [9.17, 15) is 0 Å². The highest BCUT2D eigenvalue weighted by atomic mass is 32.1. The van der Waals surface area contributed by atoms with Crippen LogP contribution in [0.25, 0.3) is 91.4 Å². The first-order valence-corrected chi connectivity index (χ1v) is 24.3. The van der Waals surface area contributed by atoms with Crippen molar-refractivity contribution in [3.8, 4) is 60.2 Å². The molecular formula is C61H42N4S2. The molecule has 0 saturated carbocycles. The molecule has 5 heterocycles. The van der Waals surface area contributed by atoms with Gasteiger partial charge in [0.25, 0.3) is 0 Å². The fourth-order valence-corrected chi connectivity index (χ4v) is 12.6. The summed E-state index contributed by atoms with van der Waals surface area (Å²) in [5.74, 6) is 0. The Balaban J connectivity index is 0.859. The first-order valence-electron chi connectivity index (χ1n) is 22.7. The Morgan fingerprint density at radius 2 is 1.01 bits per heavy atom. The van der Waals surface area contributed by atoms with Gasteiger partial charge >= 0.3 is 0 Å². The van der Waals surface area contributed by atoms with E-state index in [1.165, 1.54) is 80.0 Å². The molecular weight excluding hydrogens is 853 g/mol. The Morgan fingerprint density at radius 3 is 1.67 bits per heavy atom. The zero-order valence-electron chi connectivity index (χ0n) is 36.9. The van der Waals surface area contributed by atoms with Gasteiger partial charge < -0.3 is 9.47 Å². The second kappa shape index (κ2) is 15.6. The fourth-order valence-electron chi connectivity index (χ4n) is 10.2. The molecule has 1 aliphatic carbocycles. The number of aromatic nitrogens is 3. The van der Waals surface area contributed by atoms with Gasteiger partial charge in [0, 0.05) is 81.6 Å². The van der Waals surface area contributed by atoms with E-state index in [2.05, 4.69) is 215 Å². The predicted octanol–water partition coefficient (Wildman–Crippen LogP) is 17.3. The van der Waals surface area contributed by atoms with Gasteiger partial charge in [0.1, 0.15) is 0 Å². The largest absolute Gasteiger partial charge is 0.310 e. The Bertz CT molecular complexity index is 3710. The van der Waals surface area contributed by atoms with Crippen LogP contribution in [0.2, 0.25) is 0 Å². The average molecular weight is 895 g/mol. The summed E-state index contributed by atoms with van der Waals surface area (Å²) in [6, 6.07) is 74.9. The van der Waals surface area contributed by atoms with Crippen LogP contribution in [0.3, 0.4) is 0 Å². The van der Waals surface area contributed by atoms with Crippen LogP contribution in [-0.2, 0) is 5.41 Å². The summed E-state index contributed by atoms with van der Waals surface area (Å²) in [4.78, 5) is 14.2. The molecule has 13 rings (SSSR count). The van der Waals surface area contributed by atoms with E-state index < -0.39 is 0 Å². The highest BCUT2D eigenvalue weighted by Crippen LogP contribution is 2.52. The molecule has 0 unspecified atom stereocenters. The Morgan fingerprint density at radius 1 is 0.418 bits per heavy atom. The summed E-state index contributed by atoms with van der Waals surface area (Å²) in [6.45, 7) is 4.73. The smallest absolute Gasteiger partial charge is 0.0702 e. The van der Waals surface area contributed by atoms with Crippen LogP contribution in [0.4, 0.5) is 17.1 Å². The van der Waals surface area contributed by atoms with Gasteiger partial charge in [-0.15, -0.1) is 22.7 Å². The van der Waals surface area contributed by atoms with Gasteiger partial charge in [-0.25, -0.2) is 0 Å². The van der Waals surface area contributed by atoms with Crippen molar-refractivity contribution in [3.05, 3.63) is 230 Å². The SMILES string of the molecule is CC1(C)c2ccccc2-c2cc3c4cc(-c5cc6sc(-c7ccc(N(c8cccc(-c9ccccn9)c8)c8cccc(-c9ccccn9)c8)cc7)cc6s5)ccc4n(-c4ccccc4)c3cc21. The third-order valence-corrected chi connectivity index (χ3v) is 15.9. The highest BCUT2D eigenvalue weighted by molar-refractivity contribution is 7.31. The van der Waals surface area contributed by atoms with Crippen LogP contribution in [0.5, 0.6) is 0 Å². The average Bonchev–Trinajstić information content (AvgIpc) is 4.12. The molecule has 318 valence electrons. The summed E-state index contributed by atoms with van der Waals surface area (Å²) >= 11 is 3.75. The molecule has 0 bridgehead atoms. The van der Waals surface area contributed by atoms with Crippen molar-refractivity contribution in [3.63, 3.8) is 0 Å². The van der Waals surface area contributed by atoms with Gasteiger partial charge in [0.15, 0.2) is 0 Å². The maximum absolute atomic E-state index is 4.66. The second-order valence-electron chi connectivity index (χ2n) is 17.9. The van der Waals surface area contributed by atoms with E-state index in [0.29, 0.717) is 0 Å². The normalized spacial score (nSPS) is 12.7. The van der Waals surface area contributed by atoms with Gasteiger partial charge in [0.2, 0.25) is 0 Å². The van der Waals surface area contributed by atoms with Crippen LogP contribution < -0.4 is 4.90 Å². The minimum Gasteiger partial charge on any atom is -0.310 e. The van der Waals surface area contributed by atoms with Crippen molar-refractivity contribution in [2.45, 2.75) is 19.3 Å². The molecule has 0 amide bonds. The molecule has 0 saturated heterocycles. The molecule has 1 aliphatic rings. The molecule has 0 fully saturated rings. The lowest BCUT2D eigenvalue weighted by Crippen LogP contribution is -2.14. The molecule has 0 aliphatic heterocycles. The summed E-state index contributed by atoms with van der Waals surface area (Å²) in [7, 11) is 0. The number of hydrogen-bond acceptors (Lipinski definition) is 5. The van der Waals surface area contributed by atoms with Crippen LogP contribution in [-0.4, -0.2) is 14.5 Å². The lowest BCUT2D eigenvalue weighted by atomic mass is 9.82. The van der Waals surface area contributed by atoms with Crippen LogP contribution in [0, 0.1) is 0 Å². The lowest BCUT2D eigenvalue weighted by Gasteiger charge is -2.26. The lowest BCUT2D eigenvalue weighted by molar-refractivity contribution is 0.661. The van der Waals surface area contributed by atoms with Crippen LogP contribution >= 0.6 is 22.7 Å². The van der Waals surface area contributed by atoms with Gasteiger partial charge in [-0.3, -0.25) is 9.97 Å². The number of pyridine rings is 2. The molecule has 0 spiro atoms. The van der Waals surface area contributed by atoms with Crippen molar-refractivity contribution in [2.24, 2.45) is 0 Å². The molecule has 12 aromatic rings. The molecule has 0 N–H and O–H groups in total. The minimum absolute atomic E-state index is 0.0753. The quantitative estimate of drug-likeness (QED) is 0.152. The summed E-state index contributed by atoms with van der Waals surface area (Å²) < 4.78 is 5.07. The third-order valence-electron chi connectivity index (χ3n) is 13.5. The van der Waals surface area contributed by atoms with Gasteiger partial charge in [-0.1, -0.05) is 111 Å². The number of fused-ring (bicyclic) bond motifs is 7. The van der Waals surface area contributed by atoms with E-state index in [4.69, 9.17) is 0 Å². The fraction of sp³-hybridized carbons (Fsp3) is 0.0492. The number of para-hydroxylation sites is 1. The first-order chi connectivity index (χ1) is 32.9. The maximum atomic E-state index is 4.66. The van der Waals surface area contributed by atoms with Gasteiger partial charge in [0.05, 0.1) is 22.4 Å². The van der Waals surface area contributed by atoms with Crippen molar-refractivity contribution in [1.29, 1.82) is 0 Å². The number of hydrogen-bond donors (Lipinski definition) is 0. The summed E-state index contributed by atoms with van der Waals surface area (Å²) in [5.41, 5.74) is 18.7. The minimum atomic E-state index is -0.0753. The third kappa shape index (κ3) is 6.63. The zero-order valence-corrected chi connectivity index (χ0v) is 38.5. The Labute approximate surface area is 397 Å². The molecule has 5 aromatic heterocycles. The maximum Gasteiger partial charge on any atom is 0.0702 e. The van der Waals surface area contributed by atoms with Crippen molar-refractivity contribution < 1.29 is 0 Å². The first kappa shape index (κ1) is 39.5. The van der Waals surface area contributed by atoms with Crippen LogP contribution in [0.15, 0.2) is 219 Å². The van der Waals surface area contributed by atoms with E-state index in [1.54, 1.807) is 0 Å². The molecule has 0 radical (unpaired) electrons. The van der Waals surface area contributed by atoms with E-state index in [0.717, 1.165) is 39.6 Å². The second-order valence-corrected chi connectivity index (χ2v) is 20.0. The van der Waals surface area contributed by atoms with E-state index in [1.807, 2.05) is 59.3 Å². The topological polar surface area (TPSA) is 34.0 Å². The number of rotatable bonds is 8. The molecule has 4 nitrogen and oxygen atoms in total. The van der Waals surface area contributed by atoms with E-state index in [-0.39, 0.29) is 5.41 Å². The number of nitrogens with zero attached hydrogens (tertiary/aromatic N) is 4. The molecule has 7 aromatic carbocycles. The Kier molecular flexibility index (Phi) is 9.20. The monoisotopic (exact) mass is 894 g/mol.